The molecule has 6 nitrogen and oxygen atoms in total. The van der Waals surface area contributed by atoms with E-state index in [4.69, 9.17) is 28.9 Å². The maximum atomic E-state index is 13.7. The van der Waals surface area contributed by atoms with Crippen LogP contribution in [0.1, 0.15) is 0 Å². The van der Waals surface area contributed by atoms with E-state index in [9.17, 15) is 17.2 Å². The highest BCUT2D eigenvalue weighted by Crippen LogP contribution is 2.29. The van der Waals surface area contributed by atoms with Crippen LogP contribution in [-0.4, -0.2) is 18.4 Å². The second-order valence-electron chi connectivity index (χ2n) is 3.75. The van der Waals surface area contributed by atoms with Crippen molar-refractivity contribution in [3.05, 3.63) is 40.3 Å². The number of anilines is 2. The Morgan fingerprint density at radius 2 is 1.71 bits per heavy atom. The van der Waals surface area contributed by atoms with Gasteiger partial charge in [-0.1, -0.05) is 23.2 Å². The van der Waals surface area contributed by atoms with Gasteiger partial charge in [-0.25, -0.2) is 27.2 Å². The average molecular weight is 355 g/mol. The van der Waals surface area contributed by atoms with Crippen molar-refractivity contribution in [1.29, 1.82) is 0 Å². The number of nitrogens with two attached hydrogens (primary N) is 1. The van der Waals surface area contributed by atoms with Crippen LogP contribution in [0.5, 0.6) is 0 Å². The number of benzene rings is 1. The molecule has 2 aromatic rings. The number of sulfonamides is 1. The first-order valence-corrected chi connectivity index (χ1v) is 7.39. The highest BCUT2D eigenvalue weighted by Gasteiger charge is 2.26. The number of nitrogen functional groups attached to an aromatic ring is 1. The Balaban J connectivity index is 2.51. The van der Waals surface area contributed by atoms with Crippen LogP contribution in [0.2, 0.25) is 10.2 Å². The lowest BCUT2D eigenvalue weighted by Crippen LogP contribution is -2.18. The molecule has 2 rings (SSSR count). The van der Waals surface area contributed by atoms with E-state index in [-0.39, 0.29) is 15.9 Å². The molecule has 0 atom stereocenters. The minimum atomic E-state index is -4.62. The highest BCUT2D eigenvalue weighted by molar-refractivity contribution is 7.92. The van der Waals surface area contributed by atoms with Crippen LogP contribution in [0.3, 0.4) is 0 Å². The fourth-order valence-electron chi connectivity index (χ4n) is 1.43. The Labute approximate surface area is 128 Å². The minimum absolute atomic E-state index is 0.220. The van der Waals surface area contributed by atoms with Crippen LogP contribution < -0.4 is 10.5 Å². The van der Waals surface area contributed by atoms with Gasteiger partial charge in [0.2, 0.25) is 0 Å². The number of hydrogen-bond acceptors (Lipinski definition) is 5. The lowest BCUT2D eigenvalue weighted by Gasteiger charge is -2.10. The predicted molar refractivity (Wildman–Crippen MR) is 73.6 cm³/mol. The third-order valence-corrected chi connectivity index (χ3v) is 4.40. The van der Waals surface area contributed by atoms with E-state index >= 15 is 0 Å². The SMILES string of the molecule is Nc1cc(F)c(S(=O)(=O)Nc2ncnc(Cl)c2Cl)c(F)c1. The number of hydrogen-bond donors (Lipinski definition) is 2. The molecule has 0 spiro atoms. The summed E-state index contributed by atoms with van der Waals surface area (Å²) < 4.78 is 53.2. The van der Waals surface area contributed by atoms with Crippen LogP contribution in [0.15, 0.2) is 23.4 Å². The largest absolute Gasteiger partial charge is 0.399 e. The molecule has 21 heavy (non-hydrogen) atoms. The topological polar surface area (TPSA) is 98.0 Å². The summed E-state index contributed by atoms with van der Waals surface area (Å²) in [6.07, 6.45) is 0.932. The predicted octanol–water partition coefficient (Wildman–Crippen LogP) is 2.44. The lowest BCUT2D eigenvalue weighted by molar-refractivity contribution is 0.522. The molecule has 1 aromatic carbocycles. The van der Waals surface area contributed by atoms with Crippen molar-refractivity contribution in [3.63, 3.8) is 0 Å². The van der Waals surface area contributed by atoms with E-state index in [1.807, 2.05) is 4.72 Å². The van der Waals surface area contributed by atoms with Crippen molar-refractivity contribution < 1.29 is 17.2 Å². The number of nitrogens with zero attached hydrogens (tertiary/aromatic N) is 2. The number of halogens is 4. The second kappa shape index (κ2) is 5.58. The fourth-order valence-corrected chi connectivity index (χ4v) is 2.91. The smallest absolute Gasteiger partial charge is 0.268 e. The average Bonchev–Trinajstić information content (AvgIpc) is 2.33. The van der Waals surface area contributed by atoms with E-state index in [1.165, 1.54) is 0 Å². The second-order valence-corrected chi connectivity index (χ2v) is 6.10. The van der Waals surface area contributed by atoms with Crippen molar-refractivity contribution in [2.75, 3.05) is 10.5 Å². The summed E-state index contributed by atoms with van der Waals surface area (Å²) >= 11 is 11.3. The summed E-state index contributed by atoms with van der Waals surface area (Å²) in [5.74, 6) is -3.11. The van der Waals surface area contributed by atoms with Crippen molar-refractivity contribution in [2.24, 2.45) is 0 Å². The molecule has 0 fully saturated rings. The molecule has 0 saturated heterocycles. The van der Waals surface area contributed by atoms with Crippen molar-refractivity contribution in [2.45, 2.75) is 4.90 Å². The van der Waals surface area contributed by atoms with Gasteiger partial charge in [0.15, 0.2) is 15.9 Å². The molecule has 0 aliphatic carbocycles. The summed E-state index contributed by atoms with van der Waals surface area (Å²) in [7, 11) is -4.62. The van der Waals surface area contributed by atoms with Gasteiger partial charge in [0.05, 0.1) is 0 Å². The Morgan fingerprint density at radius 1 is 1.14 bits per heavy atom. The maximum absolute atomic E-state index is 13.7. The van der Waals surface area contributed by atoms with Gasteiger partial charge in [-0.3, -0.25) is 4.72 Å². The van der Waals surface area contributed by atoms with Gasteiger partial charge in [0, 0.05) is 5.69 Å². The monoisotopic (exact) mass is 354 g/mol. The van der Waals surface area contributed by atoms with Crippen LogP contribution in [-0.2, 0) is 10.0 Å². The Hall–Kier alpha value is -1.71. The van der Waals surface area contributed by atoms with E-state index in [0.717, 1.165) is 6.33 Å². The maximum Gasteiger partial charge on any atom is 0.268 e. The van der Waals surface area contributed by atoms with Gasteiger partial charge in [-0.2, -0.15) is 0 Å². The minimum Gasteiger partial charge on any atom is -0.399 e. The van der Waals surface area contributed by atoms with Gasteiger partial charge < -0.3 is 5.73 Å². The molecule has 0 amide bonds. The molecule has 3 N–H and O–H groups in total. The quantitative estimate of drug-likeness (QED) is 0.651. The van der Waals surface area contributed by atoms with Crippen molar-refractivity contribution >= 4 is 44.7 Å². The molecule has 11 heteroatoms. The summed E-state index contributed by atoms with van der Waals surface area (Å²) in [5, 5.41) is -0.526. The van der Waals surface area contributed by atoms with E-state index in [1.54, 1.807) is 0 Å². The summed E-state index contributed by atoms with van der Waals surface area (Å²) in [5.41, 5.74) is 4.96. The van der Waals surface area contributed by atoms with Crippen LogP contribution in [0.25, 0.3) is 0 Å². The molecular formula is C10H6Cl2F2N4O2S. The van der Waals surface area contributed by atoms with Crippen LogP contribution in [0, 0.1) is 11.6 Å². The first-order valence-electron chi connectivity index (χ1n) is 5.15. The van der Waals surface area contributed by atoms with E-state index in [2.05, 4.69) is 9.97 Å². The summed E-state index contributed by atoms with van der Waals surface area (Å²) in [6.45, 7) is 0. The molecule has 0 saturated carbocycles. The fraction of sp³-hybridized carbons (Fsp3) is 0. The van der Waals surface area contributed by atoms with Gasteiger partial charge in [0.1, 0.15) is 23.0 Å². The van der Waals surface area contributed by atoms with Crippen molar-refractivity contribution in [3.8, 4) is 0 Å². The molecule has 0 radical (unpaired) electrons. The molecule has 0 unspecified atom stereocenters. The first kappa shape index (κ1) is 15.7. The molecule has 1 aromatic heterocycles. The molecule has 0 bridgehead atoms. The zero-order chi connectivity index (χ0) is 15.8. The van der Waals surface area contributed by atoms with Crippen LogP contribution >= 0.6 is 23.2 Å². The standard InChI is InChI=1S/C10H6Cl2F2N4O2S/c11-7-9(12)16-3-17-10(7)18-21(19,20)8-5(13)1-4(15)2-6(8)14/h1-3H,15H2,(H,16,17,18). The van der Waals surface area contributed by atoms with Gasteiger partial charge in [0.25, 0.3) is 10.0 Å². The number of rotatable bonds is 3. The molecule has 0 aliphatic rings. The third-order valence-electron chi connectivity index (χ3n) is 2.27. The summed E-state index contributed by atoms with van der Waals surface area (Å²) in [6, 6.07) is 1.35. The molecule has 0 aliphatic heterocycles. The van der Waals surface area contributed by atoms with Gasteiger partial charge in [-0.05, 0) is 12.1 Å². The zero-order valence-corrected chi connectivity index (χ0v) is 12.3. The van der Waals surface area contributed by atoms with E-state index < -0.39 is 32.4 Å². The van der Waals surface area contributed by atoms with Crippen LogP contribution in [0.4, 0.5) is 20.3 Å². The molecule has 1 heterocycles. The number of nitrogens with one attached hydrogen (secondary N) is 1. The van der Waals surface area contributed by atoms with Gasteiger partial charge in [-0.15, -0.1) is 0 Å². The lowest BCUT2D eigenvalue weighted by atomic mass is 10.3. The zero-order valence-electron chi connectivity index (χ0n) is 9.94. The highest BCUT2D eigenvalue weighted by atomic mass is 35.5. The summed E-state index contributed by atoms with van der Waals surface area (Å²) in [4.78, 5) is 5.85. The number of aromatic nitrogens is 2. The molecule has 112 valence electrons. The first-order chi connectivity index (χ1) is 9.72. The van der Waals surface area contributed by atoms with Crippen molar-refractivity contribution in [1.82, 2.24) is 9.97 Å². The molecular weight excluding hydrogens is 349 g/mol. The Kier molecular flexibility index (Phi) is 4.17. The Morgan fingerprint density at radius 3 is 2.29 bits per heavy atom. The van der Waals surface area contributed by atoms with Gasteiger partial charge >= 0.3 is 0 Å². The normalized spacial score (nSPS) is 11.4. The Bertz CT molecular complexity index is 794. The van der Waals surface area contributed by atoms with E-state index in [0.29, 0.717) is 12.1 Å². The third kappa shape index (κ3) is 3.14.